The van der Waals surface area contributed by atoms with E-state index in [1.807, 2.05) is 12.1 Å². The van der Waals surface area contributed by atoms with Gasteiger partial charge in [0.05, 0.1) is 11.7 Å². The molecule has 2 heterocycles. The van der Waals surface area contributed by atoms with Crippen molar-refractivity contribution in [2.75, 3.05) is 0 Å². The van der Waals surface area contributed by atoms with Gasteiger partial charge in [0.15, 0.2) is 0 Å². The first kappa shape index (κ1) is 9.72. The predicted octanol–water partition coefficient (Wildman–Crippen LogP) is 2.40. The number of aromatic nitrogens is 3. The van der Waals surface area contributed by atoms with Gasteiger partial charge >= 0.3 is 0 Å². The molecule has 0 saturated carbocycles. The molecule has 2 aromatic heterocycles. The monoisotopic (exact) mass is 223 g/mol. The Bertz CT molecular complexity index is 660. The molecule has 0 bridgehead atoms. The molecule has 0 amide bonds. The van der Waals surface area contributed by atoms with Crippen LogP contribution in [0.3, 0.4) is 0 Å². The Labute approximate surface area is 97.6 Å². The summed E-state index contributed by atoms with van der Waals surface area (Å²) in [6, 6.07) is 6.95. The molecule has 1 N–H and O–H groups in total. The molecule has 0 atom stereocenters. The van der Waals surface area contributed by atoms with E-state index in [1.54, 1.807) is 36.9 Å². The molecule has 3 rings (SSSR count). The first-order valence-electron chi connectivity index (χ1n) is 5.19. The summed E-state index contributed by atoms with van der Waals surface area (Å²) in [6.45, 7) is 0. The Morgan fingerprint density at radius 2 is 1.65 bits per heavy atom. The van der Waals surface area contributed by atoms with Crippen molar-refractivity contribution in [3.8, 4) is 16.9 Å². The fraction of sp³-hybridized carbons (Fsp3) is 0. The minimum Gasteiger partial charge on any atom is -0.508 e. The number of phenols is 1. The number of fused-ring (bicyclic) bond motifs is 1. The van der Waals surface area contributed by atoms with E-state index in [0.29, 0.717) is 0 Å². The molecule has 4 heteroatoms. The van der Waals surface area contributed by atoms with E-state index in [4.69, 9.17) is 0 Å². The summed E-state index contributed by atoms with van der Waals surface area (Å²) in [4.78, 5) is 12.7. The normalized spacial score (nSPS) is 10.6. The van der Waals surface area contributed by atoms with Crippen molar-refractivity contribution in [1.82, 2.24) is 15.0 Å². The van der Waals surface area contributed by atoms with Gasteiger partial charge in [-0.05, 0) is 17.7 Å². The average molecular weight is 223 g/mol. The molecule has 0 aliphatic heterocycles. The molecule has 0 aliphatic rings. The third-order valence-corrected chi connectivity index (χ3v) is 2.56. The third kappa shape index (κ3) is 1.69. The Hall–Kier alpha value is -2.49. The number of rotatable bonds is 1. The van der Waals surface area contributed by atoms with Crippen molar-refractivity contribution in [3.63, 3.8) is 0 Å². The highest BCUT2D eigenvalue weighted by Crippen LogP contribution is 2.26. The van der Waals surface area contributed by atoms with Crippen LogP contribution in [0, 0.1) is 0 Å². The number of pyridine rings is 1. The van der Waals surface area contributed by atoms with Gasteiger partial charge in [0.1, 0.15) is 11.3 Å². The van der Waals surface area contributed by atoms with Gasteiger partial charge < -0.3 is 5.11 Å². The lowest BCUT2D eigenvalue weighted by Crippen LogP contribution is -1.88. The molecule has 0 aliphatic carbocycles. The second-order valence-electron chi connectivity index (χ2n) is 3.66. The van der Waals surface area contributed by atoms with Crippen molar-refractivity contribution in [3.05, 3.63) is 49.1 Å². The summed E-state index contributed by atoms with van der Waals surface area (Å²) in [5.74, 6) is 0.244. The summed E-state index contributed by atoms with van der Waals surface area (Å²) >= 11 is 0. The van der Waals surface area contributed by atoms with Gasteiger partial charge in [-0.15, -0.1) is 0 Å². The van der Waals surface area contributed by atoms with E-state index in [0.717, 1.165) is 22.2 Å². The predicted molar refractivity (Wildman–Crippen MR) is 64.4 cm³/mol. The Morgan fingerprint density at radius 3 is 2.47 bits per heavy atom. The van der Waals surface area contributed by atoms with Crippen LogP contribution in [0.25, 0.3) is 22.2 Å². The zero-order chi connectivity index (χ0) is 11.7. The van der Waals surface area contributed by atoms with E-state index in [9.17, 15) is 5.11 Å². The number of benzene rings is 1. The lowest BCUT2D eigenvalue weighted by Gasteiger charge is -2.04. The molecule has 1 aromatic carbocycles. The van der Waals surface area contributed by atoms with Gasteiger partial charge in [0.25, 0.3) is 0 Å². The molecular formula is C13H9N3O. The molecule has 0 fully saturated rings. The van der Waals surface area contributed by atoms with Crippen molar-refractivity contribution >= 4 is 11.0 Å². The molecule has 4 nitrogen and oxygen atoms in total. The molecule has 0 radical (unpaired) electrons. The Kier molecular flexibility index (Phi) is 2.19. The summed E-state index contributed by atoms with van der Waals surface area (Å²) in [7, 11) is 0. The Morgan fingerprint density at radius 1 is 0.882 bits per heavy atom. The lowest BCUT2D eigenvalue weighted by atomic mass is 10.1. The van der Waals surface area contributed by atoms with Gasteiger partial charge in [-0.2, -0.15) is 0 Å². The van der Waals surface area contributed by atoms with Crippen LogP contribution in [0.5, 0.6) is 5.75 Å². The average Bonchev–Trinajstić information content (AvgIpc) is 2.39. The molecule has 0 saturated heterocycles. The van der Waals surface area contributed by atoms with E-state index in [2.05, 4.69) is 15.0 Å². The first-order valence-corrected chi connectivity index (χ1v) is 5.19. The highest BCUT2D eigenvalue weighted by Gasteiger charge is 2.05. The number of aromatic hydroxyl groups is 1. The summed E-state index contributed by atoms with van der Waals surface area (Å²) < 4.78 is 0. The van der Waals surface area contributed by atoms with Gasteiger partial charge in [-0.1, -0.05) is 12.1 Å². The van der Waals surface area contributed by atoms with Gasteiger partial charge in [-0.3, -0.25) is 15.0 Å². The van der Waals surface area contributed by atoms with Crippen molar-refractivity contribution in [2.24, 2.45) is 0 Å². The number of nitrogens with zero attached hydrogens (tertiary/aromatic N) is 3. The SMILES string of the molecule is Oc1ccc(-c2cncc3nccnc23)cc1. The number of hydrogen-bond acceptors (Lipinski definition) is 4. The fourth-order valence-electron chi connectivity index (χ4n) is 1.75. The quantitative estimate of drug-likeness (QED) is 0.688. The maximum atomic E-state index is 9.27. The standard InChI is InChI=1S/C13H9N3O/c17-10-3-1-9(2-4-10)11-7-14-8-12-13(11)16-6-5-15-12/h1-8,17H. The summed E-state index contributed by atoms with van der Waals surface area (Å²) in [5.41, 5.74) is 3.45. The molecule has 3 aromatic rings. The largest absolute Gasteiger partial charge is 0.508 e. The minimum atomic E-state index is 0.244. The van der Waals surface area contributed by atoms with Crippen LogP contribution in [0.15, 0.2) is 49.1 Å². The fourth-order valence-corrected chi connectivity index (χ4v) is 1.75. The van der Waals surface area contributed by atoms with Crippen LogP contribution in [0.4, 0.5) is 0 Å². The maximum absolute atomic E-state index is 9.27. The zero-order valence-corrected chi connectivity index (χ0v) is 8.91. The van der Waals surface area contributed by atoms with Crippen LogP contribution in [-0.2, 0) is 0 Å². The van der Waals surface area contributed by atoms with E-state index < -0.39 is 0 Å². The molecule has 82 valence electrons. The second kappa shape index (κ2) is 3.83. The van der Waals surface area contributed by atoms with Crippen LogP contribution in [0.2, 0.25) is 0 Å². The third-order valence-electron chi connectivity index (χ3n) is 2.56. The van der Waals surface area contributed by atoms with E-state index in [-0.39, 0.29) is 5.75 Å². The van der Waals surface area contributed by atoms with Gasteiger partial charge in [0.2, 0.25) is 0 Å². The second-order valence-corrected chi connectivity index (χ2v) is 3.66. The van der Waals surface area contributed by atoms with Crippen LogP contribution >= 0.6 is 0 Å². The lowest BCUT2D eigenvalue weighted by molar-refractivity contribution is 0.475. The van der Waals surface area contributed by atoms with Crippen LogP contribution in [-0.4, -0.2) is 20.1 Å². The highest BCUT2D eigenvalue weighted by atomic mass is 16.3. The number of phenolic OH excluding ortho intramolecular Hbond substituents is 1. The van der Waals surface area contributed by atoms with Gasteiger partial charge in [0, 0.05) is 24.2 Å². The molecule has 0 spiro atoms. The summed E-state index contributed by atoms with van der Waals surface area (Å²) in [6.07, 6.45) is 6.74. The maximum Gasteiger partial charge on any atom is 0.115 e. The minimum absolute atomic E-state index is 0.244. The summed E-state index contributed by atoms with van der Waals surface area (Å²) in [5, 5.41) is 9.27. The smallest absolute Gasteiger partial charge is 0.115 e. The van der Waals surface area contributed by atoms with Gasteiger partial charge in [-0.25, -0.2) is 0 Å². The topological polar surface area (TPSA) is 58.9 Å². The zero-order valence-electron chi connectivity index (χ0n) is 8.91. The first-order chi connectivity index (χ1) is 8.34. The van der Waals surface area contributed by atoms with Crippen molar-refractivity contribution in [1.29, 1.82) is 0 Å². The molecule has 0 unspecified atom stereocenters. The highest BCUT2D eigenvalue weighted by molar-refractivity contribution is 5.90. The van der Waals surface area contributed by atoms with Crippen LogP contribution < -0.4 is 0 Å². The molecular weight excluding hydrogens is 214 g/mol. The van der Waals surface area contributed by atoms with Crippen LogP contribution in [0.1, 0.15) is 0 Å². The van der Waals surface area contributed by atoms with E-state index in [1.165, 1.54) is 0 Å². The van der Waals surface area contributed by atoms with Crippen molar-refractivity contribution in [2.45, 2.75) is 0 Å². The van der Waals surface area contributed by atoms with E-state index >= 15 is 0 Å². The van der Waals surface area contributed by atoms with Crippen molar-refractivity contribution < 1.29 is 5.11 Å². The molecule has 17 heavy (non-hydrogen) atoms. The Balaban J connectivity index is 2.27. The number of hydrogen-bond donors (Lipinski definition) is 1.